The molecule has 1 N–H and O–H groups in total. The average molecular weight is 127 g/mol. The minimum Gasteiger partial charge on any atom is -0.376 e. The summed E-state index contributed by atoms with van der Waals surface area (Å²) in [5, 5.41) is 2.76. The highest BCUT2D eigenvalue weighted by Gasteiger charge is 2.38. The van der Waals surface area contributed by atoms with Crippen LogP contribution in [0.25, 0.3) is 0 Å². The molecular weight excluding hydrogens is 118 g/mol. The highest BCUT2D eigenvalue weighted by Crippen LogP contribution is 2.24. The Balaban J connectivity index is 2.15. The summed E-state index contributed by atoms with van der Waals surface area (Å²) in [6.45, 7) is 1.49. The van der Waals surface area contributed by atoms with Crippen molar-refractivity contribution < 1.29 is 9.53 Å². The van der Waals surface area contributed by atoms with Gasteiger partial charge in [0, 0.05) is 13.2 Å². The smallest absolute Gasteiger partial charge is 0.225 e. The molecule has 2 fully saturated rings. The van der Waals surface area contributed by atoms with Crippen molar-refractivity contribution in [3.8, 4) is 0 Å². The quantitative estimate of drug-likeness (QED) is 0.477. The number of rotatable bonds is 0. The van der Waals surface area contributed by atoms with Crippen molar-refractivity contribution in [1.82, 2.24) is 5.32 Å². The fraction of sp³-hybridized carbons (Fsp3) is 0.833. The van der Waals surface area contributed by atoms with Crippen LogP contribution in [-0.4, -0.2) is 25.2 Å². The molecule has 1 amide bonds. The number of hydrogen-bond donors (Lipinski definition) is 1. The predicted molar refractivity (Wildman–Crippen MR) is 30.9 cm³/mol. The van der Waals surface area contributed by atoms with E-state index in [0.717, 1.165) is 19.6 Å². The number of fused-ring (bicyclic) bond motifs is 1. The summed E-state index contributed by atoms with van der Waals surface area (Å²) in [5.41, 5.74) is 0. The van der Waals surface area contributed by atoms with E-state index < -0.39 is 0 Å². The summed E-state index contributed by atoms with van der Waals surface area (Å²) in [4.78, 5) is 10.9. The highest BCUT2D eigenvalue weighted by molar-refractivity contribution is 5.81. The second kappa shape index (κ2) is 1.70. The van der Waals surface area contributed by atoms with Crippen molar-refractivity contribution in [2.24, 2.45) is 5.92 Å². The maximum absolute atomic E-state index is 10.9. The van der Waals surface area contributed by atoms with Gasteiger partial charge in [-0.3, -0.25) is 4.79 Å². The summed E-state index contributed by atoms with van der Waals surface area (Å²) >= 11 is 0. The van der Waals surface area contributed by atoms with Crippen LogP contribution in [0.15, 0.2) is 0 Å². The van der Waals surface area contributed by atoms with Gasteiger partial charge in [-0.15, -0.1) is 0 Å². The molecule has 0 radical (unpaired) electrons. The molecule has 2 aliphatic rings. The van der Waals surface area contributed by atoms with Gasteiger partial charge in [0.2, 0.25) is 5.91 Å². The van der Waals surface area contributed by atoms with Crippen molar-refractivity contribution >= 4 is 5.91 Å². The molecule has 0 bridgehead atoms. The lowest BCUT2D eigenvalue weighted by Crippen LogP contribution is -2.18. The number of carbonyl (C=O) groups excluding carboxylic acids is 1. The lowest BCUT2D eigenvalue weighted by Gasteiger charge is -2.00. The SMILES string of the molecule is O=C1NC[C@H]2OCC[C@@H]12. The molecule has 2 atom stereocenters. The van der Waals surface area contributed by atoms with Crippen molar-refractivity contribution in [3.05, 3.63) is 0 Å². The molecule has 0 saturated carbocycles. The number of ether oxygens (including phenoxy) is 1. The van der Waals surface area contributed by atoms with Gasteiger partial charge in [-0.05, 0) is 6.42 Å². The van der Waals surface area contributed by atoms with Crippen LogP contribution < -0.4 is 5.32 Å². The van der Waals surface area contributed by atoms with Gasteiger partial charge >= 0.3 is 0 Å². The molecular formula is C6H9NO2. The zero-order chi connectivity index (χ0) is 6.27. The van der Waals surface area contributed by atoms with E-state index in [1.807, 2.05) is 0 Å². The zero-order valence-corrected chi connectivity index (χ0v) is 5.09. The van der Waals surface area contributed by atoms with Crippen LogP contribution in [0.5, 0.6) is 0 Å². The Hall–Kier alpha value is -0.570. The standard InChI is InChI=1S/C6H9NO2/c8-6-4-1-2-9-5(4)3-7-6/h4-5H,1-3H2,(H,7,8)/t4-,5-/m1/s1. The molecule has 2 rings (SSSR count). The first-order valence-electron chi connectivity index (χ1n) is 3.27. The zero-order valence-electron chi connectivity index (χ0n) is 5.09. The molecule has 50 valence electrons. The second-order valence-corrected chi connectivity index (χ2v) is 2.55. The van der Waals surface area contributed by atoms with E-state index in [9.17, 15) is 4.79 Å². The lowest BCUT2D eigenvalue weighted by atomic mass is 10.1. The third-order valence-corrected chi connectivity index (χ3v) is 2.02. The summed E-state index contributed by atoms with van der Waals surface area (Å²) in [6.07, 6.45) is 1.11. The Kier molecular flexibility index (Phi) is 0.990. The first kappa shape index (κ1) is 5.23. The fourth-order valence-corrected chi connectivity index (χ4v) is 1.48. The van der Waals surface area contributed by atoms with Gasteiger partial charge < -0.3 is 10.1 Å². The largest absolute Gasteiger partial charge is 0.376 e. The van der Waals surface area contributed by atoms with E-state index in [-0.39, 0.29) is 17.9 Å². The summed E-state index contributed by atoms with van der Waals surface area (Å²) in [5.74, 6) is 0.350. The number of hydrogen-bond acceptors (Lipinski definition) is 2. The van der Waals surface area contributed by atoms with E-state index in [1.54, 1.807) is 0 Å². The van der Waals surface area contributed by atoms with Crippen molar-refractivity contribution in [3.63, 3.8) is 0 Å². The Morgan fingerprint density at radius 2 is 2.56 bits per heavy atom. The molecule has 2 heterocycles. The van der Waals surface area contributed by atoms with Gasteiger partial charge in [-0.25, -0.2) is 0 Å². The molecule has 2 saturated heterocycles. The van der Waals surface area contributed by atoms with Crippen LogP contribution in [0.3, 0.4) is 0 Å². The van der Waals surface area contributed by atoms with Gasteiger partial charge in [-0.1, -0.05) is 0 Å². The first-order valence-corrected chi connectivity index (χ1v) is 3.27. The van der Waals surface area contributed by atoms with E-state index in [2.05, 4.69) is 5.32 Å². The third kappa shape index (κ3) is 0.645. The van der Waals surface area contributed by atoms with Gasteiger partial charge in [0.25, 0.3) is 0 Å². The molecule has 2 aliphatic heterocycles. The van der Waals surface area contributed by atoms with Crippen LogP contribution in [-0.2, 0) is 9.53 Å². The van der Waals surface area contributed by atoms with Crippen LogP contribution in [0, 0.1) is 5.92 Å². The molecule has 9 heavy (non-hydrogen) atoms. The second-order valence-electron chi connectivity index (χ2n) is 2.55. The van der Waals surface area contributed by atoms with Crippen LogP contribution >= 0.6 is 0 Å². The topological polar surface area (TPSA) is 38.3 Å². The molecule has 0 aromatic rings. The van der Waals surface area contributed by atoms with Crippen LogP contribution in [0.2, 0.25) is 0 Å². The molecule has 3 nitrogen and oxygen atoms in total. The maximum Gasteiger partial charge on any atom is 0.225 e. The van der Waals surface area contributed by atoms with E-state index in [0.29, 0.717) is 0 Å². The number of nitrogens with one attached hydrogen (secondary N) is 1. The van der Waals surface area contributed by atoms with E-state index in [4.69, 9.17) is 4.74 Å². The Morgan fingerprint density at radius 1 is 1.67 bits per heavy atom. The predicted octanol–water partition coefficient (Wildman–Crippen LogP) is -0.479. The highest BCUT2D eigenvalue weighted by atomic mass is 16.5. The molecule has 0 unspecified atom stereocenters. The minimum absolute atomic E-state index is 0.171. The van der Waals surface area contributed by atoms with Gasteiger partial charge in [-0.2, -0.15) is 0 Å². The third-order valence-electron chi connectivity index (χ3n) is 2.02. The number of amides is 1. The molecule has 0 aliphatic carbocycles. The van der Waals surface area contributed by atoms with E-state index in [1.165, 1.54) is 0 Å². The fourth-order valence-electron chi connectivity index (χ4n) is 1.48. The normalized spacial score (nSPS) is 40.7. The van der Waals surface area contributed by atoms with Crippen LogP contribution in [0.4, 0.5) is 0 Å². The molecule has 0 aromatic carbocycles. The summed E-state index contributed by atoms with van der Waals surface area (Å²) < 4.78 is 5.26. The molecule has 0 spiro atoms. The number of carbonyl (C=O) groups is 1. The monoisotopic (exact) mass is 127 g/mol. The first-order chi connectivity index (χ1) is 4.38. The Labute approximate surface area is 53.4 Å². The Bertz CT molecular complexity index is 146. The summed E-state index contributed by atoms with van der Waals surface area (Å²) in [7, 11) is 0. The van der Waals surface area contributed by atoms with Gasteiger partial charge in [0.05, 0.1) is 12.0 Å². The molecule has 0 aromatic heterocycles. The Morgan fingerprint density at radius 3 is 3.33 bits per heavy atom. The van der Waals surface area contributed by atoms with Gasteiger partial charge in [0.1, 0.15) is 0 Å². The van der Waals surface area contributed by atoms with Crippen molar-refractivity contribution in [2.45, 2.75) is 12.5 Å². The van der Waals surface area contributed by atoms with Crippen molar-refractivity contribution in [1.29, 1.82) is 0 Å². The van der Waals surface area contributed by atoms with Crippen LogP contribution in [0.1, 0.15) is 6.42 Å². The maximum atomic E-state index is 10.9. The lowest BCUT2D eigenvalue weighted by molar-refractivity contribution is -0.122. The minimum atomic E-state index is 0.171. The van der Waals surface area contributed by atoms with Gasteiger partial charge in [0.15, 0.2) is 0 Å². The average Bonchev–Trinajstić information content (AvgIpc) is 2.35. The van der Waals surface area contributed by atoms with Crippen molar-refractivity contribution in [2.75, 3.05) is 13.2 Å². The van der Waals surface area contributed by atoms with E-state index >= 15 is 0 Å². The summed E-state index contributed by atoms with van der Waals surface area (Å²) in [6, 6.07) is 0. The molecule has 3 heteroatoms.